The third-order valence-electron chi connectivity index (χ3n) is 4.94. The molecule has 0 aromatic carbocycles. The van der Waals surface area contributed by atoms with E-state index >= 15 is 0 Å². The van der Waals surface area contributed by atoms with Gasteiger partial charge in [-0.05, 0) is 32.7 Å². The van der Waals surface area contributed by atoms with Crippen molar-refractivity contribution >= 4 is 0 Å². The molecule has 0 amide bonds. The van der Waals surface area contributed by atoms with Crippen LogP contribution in [0.15, 0.2) is 12.4 Å². The lowest BCUT2D eigenvalue weighted by atomic mass is 9.79. The normalized spacial score (nSPS) is 32.2. The molecule has 3 rings (SSSR count). The second-order valence-corrected chi connectivity index (χ2v) is 5.95. The molecule has 0 spiro atoms. The smallest absolute Gasteiger partial charge is 0.122 e. The van der Waals surface area contributed by atoms with Crippen LogP contribution in [0.4, 0.5) is 0 Å². The monoisotopic (exact) mass is 264 g/mol. The molecule has 1 aromatic rings. The number of hydrogen-bond donors (Lipinski definition) is 2. The molecule has 106 valence electrons. The van der Waals surface area contributed by atoms with Crippen molar-refractivity contribution in [2.45, 2.75) is 50.4 Å². The van der Waals surface area contributed by atoms with Crippen molar-refractivity contribution in [3.63, 3.8) is 0 Å². The van der Waals surface area contributed by atoms with Gasteiger partial charge in [-0.25, -0.2) is 4.98 Å². The summed E-state index contributed by atoms with van der Waals surface area (Å²) in [6.07, 6.45) is 8.52. The van der Waals surface area contributed by atoms with E-state index in [1.54, 1.807) is 0 Å². The first kappa shape index (κ1) is 13.1. The van der Waals surface area contributed by atoms with E-state index in [0.29, 0.717) is 6.04 Å². The van der Waals surface area contributed by atoms with Crippen LogP contribution in [0.5, 0.6) is 0 Å². The van der Waals surface area contributed by atoms with E-state index in [1.165, 1.54) is 18.7 Å². The molecule has 1 aliphatic heterocycles. The molecule has 19 heavy (non-hydrogen) atoms. The van der Waals surface area contributed by atoms with Gasteiger partial charge in [0.2, 0.25) is 0 Å². The van der Waals surface area contributed by atoms with Gasteiger partial charge in [0.1, 0.15) is 5.82 Å². The van der Waals surface area contributed by atoms with Gasteiger partial charge in [0.25, 0.3) is 0 Å². The summed E-state index contributed by atoms with van der Waals surface area (Å²) >= 11 is 0. The van der Waals surface area contributed by atoms with E-state index in [4.69, 9.17) is 0 Å². The fraction of sp³-hybridized carbons (Fsp3) is 0.786. The van der Waals surface area contributed by atoms with Gasteiger partial charge < -0.3 is 15.0 Å². The number of fused-ring (bicyclic) bond motifs is 1. The predicted octanol–water partition coefficient (Wildman–Crippen LogP) is 0.592. The summed E-state index contributed by atoms with van der Waals surface area (Å²) in [7, 11) is 1.97. The fourth-order valence-electron chi connectivity index (χ4n) is 3.60. The summed E-state index contributed by atoms with van der Waals surface area (Å²) in [5, 5.41) is 13.0. The lowest BCUT2D eigenvalue weighted by Crippen LogP contribution is -2.55. The highest BCUT2D eigenvalue weighted by molar-refractivity contribution is 5.00. The number of hydrogen-bond acceptors (Lipinski definition) is 4. The highest BCUT2D eigenvalue weighted by Gasteiger charge is 2.37. The zero-order chi connectivity index (χ0) is 13.3. The summed E-state index contributed by atoms with van der Waals surface area (Å²) in [4.78, 5) is 6.98. The number of imidazole rings is 1. The lowest BCUT2D eigenvalue weighted by Gasteiger charge is -2.45. The van der Waals surface area contributed by atoms with E-state index in [0.717, 1.165) is 32.5 Å². The van der Waals surface area contributed by atoms with Crippen LogP contribution in [0.25, 0.3) is 0 Å². The van der Waals surface area contributed by atoms with Gasteiger partial charge >= 0.3 is 0 Å². The molecule has 5 nitrogen and oxygen atoms in total. The predicted molar refractivity (Wildman–Crippen MR) is 73.8 cm³/mol. The van der Waals surface area contributed by atoms with Crippen molar-refractivity contribution in [1.82, 2.24) is 19.8 Å². The first-order chi connectivity index (χ1) is 9.26. The molecular weight excluding hydrogens is 240 g/mol. The molecule has 2 N–H and O–H groups in total. The number of aliphatic hydroxyl groups excluding tert-OH is 1. The van der Waals surface area contributed by atoms with Gasteiger partial charge in [0, 0.05) is 37.1 Å². The van der Waals surface area contributed by atoms with E-state index in [-0.39, 0.29) is 12.1 Å². The molecule has 2 heterocycles. The third-order valence-corrected chi connectivity index (χ3v) is 4.94. The van der Waals surface area contributed by atoms with Crippen molar-refractivity contribution in [2.75, 3.05) is 20.2 Å². The van der Waals surface area contributed by atoms with E-state index in [2.05, 4.69) is 26.0 Å². The van der Waals surface area contributed by atoms with Crippen LogP contribution in [-0.4, -0.2) is 51.3 Å². The molecule has 2 aliphatic rings. The van der Waals surface area contributed by atoms with Gasteiger partial charge in [-0.1, -0.05) is 0 Å². The highest BCUT2D eigenvalue weighted by atomic mass is 16.3. The molecular formula is C14H24N4O. The minimum Gasteiger partial charge on any atom is -0.394 e. The number of nitrogens with zero attached hydrogens (tertiary/aromatic N) is 3. The maximum absolute atomic E-state index is 9.68. The zero-order valence-corrected chi connectivity index (χ0v) is 11.7. The third kappa shape index (κ3) is 2.42. The van der Waals surface area contributed by atoms with Crippen molar-refractivity contribution in [3.8, 4) is 0 Å². The Labute approximate surface area is 114 Å². The molecule has 1 aromatic heterocycles. The van der Waals surface area contributed by atoms with Crippen LogP contribution in [0.2, 0.25) is 0 Å². The fourth-order valence-corrected chi connectivity index (χ4v) is 3.60. The van der Waals surface area contributed by atoms with E-state index in [9.17, 15) is 5.11 Å². The number of rotatable bonds is 3. The van der Waals surface area contributed by atoms with Crippen molar-refractivity contribution in [1.29, 1.82) is 0 Å². The van der Waals surface area contributed by atoms with Gasteiger partial charge in [-0.2, -0.15) is 0 Å². The molecule has 1 aliphatic carbocycles. The standard InChI is InChI=1S/C14H24N4O/c1-15-14(11-19)4-2-3-12(9-14)18-8-7-17-6-5-16-13(17)10-18/h5-6,12,15,19H,2-4,7-11H2,1H3. The molecule has 0 saturated heterocycles. The lowest BCUT2D eigenvalue weighted by molar-refractivity contribution is 0.0501. The van der Waals surface area contributed by atoms with Gasteiger partial charge in [-0.15, -0.1) is 0 Å². The molecule has 0 bridgehead atoms. The summed E-state index contributed by atoms with van der Waals surface area (Å²) in [6.45, 7) is 3.32. The van der Waals surface area contributed by atoms with Crippen molar-refractivity contribution in [2.24, 2.45) is 0 Å². The van der Waals surface area contributed by atoms with Crippen LogP contribution in [0, 0.1) is 0 Å². The number of nitrogens with one attached hydrogen (secondary N) is 1. The maximum atomic E-state index is 9.68. The number of likely N-dealkylation sites (N-methyl/N-ethyl adjacent to an activating group) is 1. The molecule has 2 atom stereocenters. The van der Waals surface area contributed by atoms with Crippen LogP contribution in [0.3, 0.4) is 0 Å². The summed E-state index contributed by atoms with van der Waals surface area (Å²) < 4.78 is 2.25. The van der Waals surface area contributed by atoms with Crippen LogP contribution in [-0.2, 0) is 13.1 Å². The van der Waals surface area contributed by atoms with Crippen molar-refractivity contribution < 1.29 is 5.11 Å². The first-order valence-corrected chi connectivity index (χ1v) is 7.30. The Bertz CT molecular complexity index is 427. The number of aliphatic hydroxyl groups is 1. The Morgan fingerprint density at radius 1 is 1.53 bits per heavy atom. The molecule has 1 saturated carbocycles. The van der Waals surface area contributed by atoms with Crippen LogP contribution < -0.4 is 5.32 Å². The van der Waals surface area contributed by atoms with Gasteiger partial charge in [-0.3, -0.25) is 4.90 Å². The Morgan fingerprint density at radius 3 is 3.21 bits per heavy atom. The average molecular weight is 264 g/mol. The van der Waals surface area contributed by atoms with Crippen LogP contribution in [0.1, 0.15) is 31.5 Å². The maximum Gasteiger partial charge on any atom is 0.122 e. The van der Waals surface area contributed by atoms with E-state index in [1.807, 2.05) is 13.2 Å². The van der Waals surface area contributed by atoms with E-state index < -0.39 is 0 Å². The largest absolute Gasteiger partial charge is 0.394 e. The minimum absolute atomic E-state index is 0.0736. The quantitative estimate of drug-likeness (QED) is 0.839. The molecule has 1 fully saturated rings. The Morgan fingerprint density at radius 2 is 2.42 bits per heavy atom. The summed E-state index contributed by atoms with van der Waals surface area (Å²) in [6, 6.07) is 0.568. The first-order valence-electron chi connectivity index (χ1n) is 7.30. The van der Waals surface area contributed by atoms with Crippen LogP contribution >= 0.6 is 0 Å². The van der Waals surface area contributed by atoms with Gasteiger partial charge in [0.15, 0.2) is 0 Å². The summed E-state index contributed by atoms with van der Waals surface area (Å²) in [5.41, 5.74) is -0.0736. The average Bonchev–Trinajstić information content (AvgIpc) is 2.94. The van der Waals surface area contributed by atoms with Gasteiger partial charge in [0.05, 0.1) is 13.2 Å². The SMILES string of the molecule is CNC1(CO)CCCC(N2CCn3ccnc3C2)C1. The second kappa shape index (κ2) is 5.23. The Balaban J connectivity index is 1.70. The Kier molecular flexibility index (Phi) is 3.60. The zero-order valence-electron chi connectivity index (χ0n) is 11.7. The number of aromatic nitrogens is 2. The minimum atomic E-state index is -0.0736. The second-order valence-electron chi connectivity index (χ2n) is 5.95. The molecule has 0 radical (unpaired) electrons. The Hall–Kier alpha value is -0.910. The summed E-state index contributed by atoms with van der Waals surface area (Å²) in [5.74, 6) is 1.18. The van der Waals surface area contributed by atoms with Crippen molar-refractivity contribution in [3.05, 3.63) is 18.2 Å². The topological polar surface area (TPSA) is 53.3 Å². The molecule has 2 unspecified atom stereocenters. The highest BCUT2D eigenvalue weighted by Crippen LogP contribution is 2.32. The molecule has 5 heteroatoms.